The fourth-order valence-corrected chi connectivity index (χ4v) is 1.78. The maximum Gasteiger partial charge on any atom is 0.254 e. The molecule has 16 heavy (non-hydrogen) atoms. The van der Waals surface area contributed by atoms with Crippen molar-refractivity contribution in [3.63, 3.8) is 0 Å². The first-order valence-corrected chi connectivity index (χ1v) is 5.07. The third kappa shape index (κ3) is 1.86. The van der Waals surface area contributed by atoms with Gasteiger partial charge in [0.2, 0.25) is 0 Å². The summed E-state index contributed by atoms with van der Waals surface area (Å²) in [6.45, 7) is 1.12. The summed E-state index contributed by atoms with van der Waals surface area (Å²) < 4.78 is 6.89. The van der Waals surface area contributed by atoms with E-state index in [0.717, 1.165) is 6.42 Å². The zero-order valence-corrected chi connectivity index (χ0v) is 8.80. The van der Waals surface area contributed by atoms with Crippen LogP contribution in [-0.4, -0.2) is 34.9 Å². The van der Waals surface area contributed by atoms with Gasteiger partial charge in [-0.25, -0.2) is 0 Å². The fourth-order valence-electron chi connectivity index (χ4n) is 1.78. The molecule has 7 heteroatoms. The van der Waals surface area contributed by atoms with Crippen LogP contribution in [0.4, 0.5) is 5.82 Å². The van der Waals surface area contributed by atoms with E-state index in [1.807, 2.05) is 0 Å². The van der Waals surface area contributed by atoms with Crippen molar-refractivity contribution in [1.82, 2.24) is 9.78 Å². The minimum atomic E-state index is -0.589. The third-order valence-corrected chi connectivity index (χ3v) is 2.74. The van der Waals surface area contributed by atoms with Gasteiger partial charge in [-0.05, 0) is 6.42 Å². The topological polar surface area (TPSA) is 122 Å². The van der Waals surface area contributed by atoms with Crippen molar-refractivity contribution < 1.29 is 9.53 Å². The lowest BCUT2D eigenvalue weighted by molar-refractivity contribution is 0.0425. The standard InChI is InChI=1S/C9H15N5O2/c10-6-1-2-16-4-7(6)14-3-5(9(12)15)8(11)13-14/h3,6-7H,1-2,4,10H2,(H2,11,13)(H2,12,15)/t6-,7-/m0/s1. The molecule has 0 aromatic carbocycles. The van der Waals surface area contributed by atoms with E-state index >= 15 is 0 Å². The van der Waals surface area contributed by atoms with Gasteiger partial charge >= 0.3 is 0 Å². The molecule has 1 fully saturated rings. The molecule has 0 spiro atoms. The average Bonchev–Trinajstić information content (AvgIpc) is 2.61. The summed E-state index contributed by atoms with van der Waals surface area (Å²) in [5.74, 6) is -0.459. The Morgan fingerprint density at radius 3 is 2.94 bits per heavy atom. The van der Waals surface area contributed by atoms with Gasteiger partial charge in [0.15, 0.2) is 5.82 Å². The fraction of sp³-hybridized carbons (Fsp3) is 0.556. The van der Waals surface area contributed by atoms with Gasteiger partial charge in [-0.2, -0.15) is 5.10 Å². The highest BCUT2D eigenvalue weighted by atomic mass is 16.5. The average molecular weight is 225 g/mol. The van der Waals surface area contributed by atoms with Gasteiger partial charge in [-0.3, -0.25) is 9.48 Å². The van der Waals surface area contributed by atoms with Gasteiger partial charge in [0.25, 0.3) is 5.91 Å². The van der Waals surface area contributed by atoms with Crippen LogP contribution in [0.5, 0.6) is 0 Å². The highest BCUT2D eigenvalue weighted by Crippen LogP contribution is 2.20. The Bertz CT molecular complexity index is 403. The number of nitrogen functional groups attached to an aromatic ring is 1. The van der Waals surface area contributed by atoms with Gasteiger partial charge < -0.3 is 21.9 Å². The second-order valence-corrected chi connectivity index (χ2v) is 3.87. The molecule has 1 amide bonds. The number of anilines is 1. The molecular formula is C9H15N5O2. The van der Waals surface area contributed by atoms with E-state index in [1.165, 1.54) is 6.20 Å². The molecule has 1 aliphatic heterocycles. The molecule has 1 aromatic heterocycles. The first-order chi connectivity index (χ1) is 7.59. The van der Waals surface area contributed by atoms with Crippen molar-refractivity contribution >= 4 is 11.7 Å². The Labute approximate surface area is 92.5 Å². The molecule has 2 rings (SSSR count). The molecule has 0 saturated carbocycles. The Hall–Kier alpha value is -1.60. The maximum absolute atomic E-state index is 11.0. The van der Waals surface area contributed by atoms with Crippen molar-refractivity contribution in [1.29, 1.82) is 0 Å². The summed E-state index contributed by atoms with van der Waals surface area (Å²) in [6.07, 6.45) is 2.28. The van der Waals surface area contributed by atoms with E-state index in [-0.39, 0.29) is 23.5 Å². The van der Waals surface area contributed by atoms with Crippen LogP contribution in [0.15, 0.2) is 6.20 Å². The predicted octanol–water partition coefficient (Wildman–Crippen LogP) is -1.15. The maximum atomic E-state index is 11.0. The molecule has 6 N–H and O–H groups in total. The van der Waals surface area contributed by atoms with Crippen LogP contribution in [0.25, 0.3) is 0 Å². The number of hydrogen-bond donors (Lipinski definition) is 3. The van der Waals surface area contributed by atoms with Crippen molar-refractivity contribution in [2.24, 2.45) is 11.5 Å². The monoisotopic (exact) mass is 225 g/mol. The zero-order chi connectivity index (χ0) is 11.7. The molecule has 1 saturated heterocycles. The number of carbonyl (C=O) groups is 1. The predicted molar refractivity (Wildman–Crippen MR) is 57.6 cm³/mol. The largest absolute Gasteiger partial charge is 0.382 e. The molecule has 7 nitrogen and oxygen atoms in total. The Morgan fingerprint density at radius 1 is 1.62 bits per heavy atom. The number of aromatic nitrogens is 2. The van der Waals surface area contributed by atoms with E-state index < -0.39 is 5.91 Å². The molecule has 1 aromatic rings. The van der Waals surface area contributed by atoms with Crippen LogP contribution in [0.3, 0.4) is 0 Å². The summed E-state index contributed by atoms with van der Waals surface area (Å²) in [5.41, 5.74) is 16.9. The first-order valence-electron chi connectivity index (χ1n) is 5.07. The second-order valence-electron chi connectivity index (χ2n) is 3.87. The van der Waals surface area contributed by atoms with Crippen LogP contribution in [0.2, 0.25) is 0 Å². The van der Waals surface area contributed by atoms with E-state index in [4.69, 9.17) is 21.9 Å². The smallest absolute Gasteiger partial charge is 0.254 e. The van der Waals surface area contributed by atoms with Crippen LogP contribution in [0.1, 0.15) is 22.8 Å². The number of primary amides is 1. The lowest BCUT2D eigenvalue weighted by Gasteiger charge is -2.28. The number of amides is 1. The molecule has 0 bridgehead atoms. The van der Waals surface area contributed by atoms with Gasteiger partial charge in [-0.1, -0.05) is 0 Å². The summed E-state index contributed by atoms with van der Waals surface area (Å²) in [7, 11) is 0. The summed E-state index contributed by atoms with van der Waals surface area (Å²) in [4.78, 5) is 11.0. The highest BCUT2D eigenvalue weighted by molar-refractivity contribution is 5.96. The van der Waals surface area contributed by atoms with Gasteiger partial charge in [0.1, 0.15) is 5.56 Å². The first kappa shape index (κ1) is 10.9. The highest BCUT2D eigenvalue weighted by Gasteiger charge is 2.26. The van der Waals surface area contributed by atoms with Gasteiger partial charge in [0, 0.05) is 18.8 Å². The van der Waals surface area contributed by atoms with E-state index in [0.29, 0.717) is 13.2 Å². The minimum absolute atomic E-state index is 0.0474. The SMILES string of the molecule is NC(=O)c1cn([C@H]2COCC[C@@H]2N)nc1N. The van der Waals surface area contributed by atoms with Crippen LogP contribution in [-0.2, 0) is 4.74 Å². The Kier molecular flexibility index (Phi) is 2.80. The molecule has 2 atom stereocenters. The summed E-state index contributed by atoms with van der Waals surface area (Å²) in [6, 6.07) is -0.141. The Balaban J connectivity index is 2.26. The molecule has 0 aliphatic carbocycles. The van der Waals surface area contributed by atoms with Crippen molar-refractivity contribution in [2.75, 3.05) is 18.9 Å². The molecule has 2 heterocycles. The van der Waals surface area contributed by atoms with Crippen LogP contribution >= 0.6 is 0 Å². The number of carbonyl (C=O) groups excluding carboxylic acids is 1. The van der Waals surface area contributed by atoms with Crippen molar-refractivity contribution in [2.45, 2.75) is 18.5 Å². The van der Waals surface area contributed by atoms with Crippen molar-refractivity contribution in [3.8, 4) is 0 Å². The second kappa shape index (κ2) is 4.11. The van der Waals surface area contributed by atoms with E-state index in [1.54, 1.807) is 4.68 Å². The van der Waals surface area contributed by atoms with Crippen LogP contribution < -0.4 is 17.2 Å². The lowest BCUT2D eigenvalue weighted by Crippen LogP contribution is -2.40. The van der Waals surface area contributed by atoms with Gasteiger partial charge in [0.05, 0.1) is 12.6 Å². The minimum Gasteiger partial charge on any atom is -0.382 e. The number of nitrogens with two attached hydrogens (primary N) is 3. The number of nitrogens with zero attached hydrogens (tertiary/aromatic N) is 2. The number of rotatable bonds is 2. The van der Waals surface area contributed by atoms with Crippen molar-refractivity contribution in [3.05, 3.63) is 11.8 Å². The summed E-state index contributed by atoms with van der Waals surface area (Å²) >= 11 is 0. The molecule has 1 aliphatic rings. The molecule has 0 unspecified atom stereocenters. The number of ether oxygens (including phenoxy) is 1. The van der Waals surface area contributed by atoms with E-state index in [9.17, 15) is 4.79 Å². The van der Waals surface area contributed by atoms with Crippen LogP contribution in [0, 0.1) is 0 Å². The quantitative estimate of drug-likeness (QED) is 0.586. The summed E-state index contributed by atoms with van der Waals surface area (Å²) in [5, 5.41) is 4.04. The van der Waals surface area contributed by atoms with E-state index in [2.05, 4.69) is 5.10 Å². The Morgan fingerprint density at radius 2 is 2.38 bits per heavy atom. The van der Waals surface area contributed by atoms with Gasteiger partial charge in [-0.15, -0.1) is 0 Å². The molecular weight excluding hydrogens is 210 g/mol. The molecule has 0 radical (unpaired) electrons. The number of hydrogen-bond acceptors (Lipinski definition) is 5. The zero-order valence-electron chi connectivity index (χ0n) is 8.80. The lowest BCUT2D eigenvalue weighted by atomic mass is 10.1. The third-order valence-electron chi connectivity index (χ3n) is 2.74. The molecule has 88 valence electrons. The normalized spacial score (nSPS) is 25.6.